The Bertz CT molecular complexity index is 1130. The Balaban J connectivity index is 1.51. The third-order valence-corrected chi connectivity index (χ3v) is 5.90. The average molecular weight is 393 g/mol. The summed E-state index contributed by atoms with van der Waals surface area (Å²) >= 11 is 3.04. The van der Waals surface area contributed by atoms with Gasteiger partial charge in [-0.25, -0.2) is 4.98 Å². The molecule has 2 aromatic heterocycles. The fraction of sp³-hybridized carbons (Fsp3) is 0.0500. The highest BCUT2D eigenvalue weighted by molar-refractivity contribution is 7.20. The van der Waals surface area contributed by atoms with E-state index in [2.05, 4.69) is 33.1 Å². The van der Waals surface area contributed by atoms with E-state index in [1.54, 1.807) is 41.8 Å². The topological polar surface area (TPSA) is 71.1 Å². The van der Waals surface area contributed by atoms with Crippen molar-refractivity contribution in [2.75, 3.05) is 10.6 Å². The Morgan fingerprint density at radius 3 is 2.41 bits per heavy atom. The van der Waals surface area contributed by atoms with E-state index in [4.69, 9.17) is 0 Å². The number of thiophene rings is 1. The van der Waals surface area contributed by atoms with E-state index in [1.165, 1.54) is 23.0 Å². The average Bonchev–Trinajstić information content (AvgIpc) is 3.29. The Hall–Kier alpha value is -3.03. The molecule has 2 N–H and O–H groups in total. The predicted molar refractivity (Wildman–Crippen MR) is 112 cm³/mol. The molecule has 0 aliphatic rings. The molecule has 134 valence electrons. The molecule has 27 heavy (non-hydrogen) atoms. The van der Waals surface area contributed by atoms with Crippen molar-refractivity contribution in [1.29, 1.82) is 0 Å². The summed E-state index contributed by atoms with van der Waals surface area (Å²) in [4.78, 5) is 28.6. The molecule has 0 radical (unpaired) electrons. The standard InChI is InChI=1S/C20H15N3O2S2/c1-12(24)22-13-6-8-14(9-7-13)23-19(25)18-10-21-20(27-18)16-11-26-17-5-3-2-4-15(16)17/h2-11H,1H3,(H,22,24)(H,23,25). The largest absolute Gasteiger partial charge is 0.326 e. The molecule has 0 fully saturated rings. The van der Waals surface area contributed by atoms with Crippen LogP contribution in [0.4, 0.5) is 11.4 Å². The van der Waals surface area contributed by atoms with Crippen molar-refractivity contribution in [3.63, 3.8) is 0 Å². The summed E-state index contributed by atoms with van der Waals surface area (Å²) in [6, 6.07) is 15.1. The molecule has 7 heteroatoms. The van der Waals surface area contributed by atoms with Gasteiger partial charge in [-0.3, -0.25) is 9.59 Å². The SMILES string of the molecule is CC(=O)Nc1ccc(NC(=O)c2cnc(-c3csc4ccccc34)s2)cc1. The van der Waals surface area contributed by atoms with Gasteiger partial charge in [-0.05, 0) is 30.3 Å². The quantitative estimate of drug-likeness (QED) is 0.498. The number of fused-ring (bicyclic) bond motifs is 1. The van der Waals surface area contributed by atoms with E-state index in [1.807, 2.05) is 12.1 Å². The first-order valence-electron chi connectivity index (χ1n) is 8.21. The molecule has 2 heterocycles. The number of carbonyl (C=O) groups is 2. The lowest BCUT2D eigenvalue weighted by molar-refractivity contribution is -0.114. The van der Waals surface area contributed by atoms with Crippen LogP contribution in [0.5, 0.6) is 0 Å². The summed E-state index contributed by atoms with van der Waals surface area (Å²) in [7, 11) is 0. The van der Waals surface area contributed by atoms with Crippen molar-refractivity contribution >= 4 is 55.9 Å². The van der Waals surface area contributed by atoms with E-state index in [0.717, 1.165) is 16.0 Å². The van der Waals surface area contributed by atoms with Gasteiger partial charge in [-0.1, -0.05) is 18.2 Å². The van der Waals surface area contributed by atoms with Crippen molar-refractivity contribution in [3.05, 3.63) is 65.0 Å². The summed E-state index contributed by atoms with van der Waals surface area (Å²) in [6.45, 7) is 1.45. The lowest BCUT2D eigenvalue weighted by atomic mass is 10.2. The monoisotopic (exact) mass is 393 g/mol. The minimum absolute atomic E-state index is 0.134. The van der Waals surface area contributed by atoms with Crippen LogP contribution in [0.3, 0.4) is 0 Å². The first kappa shape index (κ1) is 17.4. The van der Waals surface area contributed by atoms with Gasteiger partial charge in [0.2, 0.25) is 5.91 Å². The smallest absolute Gasteiger partial charge is 0.267 e. The van der Waals surface area contributed by atoms with Crippen LogP contribution >= 0.6 is 22.7 Å². The first-order chi connectivity index (χ1) is 13.1. The van der Waals surface area contributed by atoms with Crippen LogP contribution in [-0.2, 0) is 4.79 Å². The molecule has 0 aliphatic carbocycles. The number of carbonyl (C=O) groups excluding carboxylic acids is 2. The third-order valence-electron chi connectivity index (χ3n) is 3.90. The normalized spacial score (nSPS) is 10.7. The molecule has 2 aromatic carbocycles. The van der Waals surface area contributed by atoms with Gasteiger partial charge < -0.3 is 10.6 Å². The van der Waals surface area contributed by atoms with E-state index in [-0.39, 0.29) is 11.8 Å². The lowest BCUT2D eigenvalue weighted by Gasteiger charge is -2.05. The summed E-state index contributed by atoms with van der Waals surface area (Å²) in [5.41, 5.74) is 2.40. The molecule has 0 aliphatic heterocycles. The molecule has 0 bridgehead atoms. The minimum atomic E-state index is -0.203. The number of anilines is 2. The molecule has 0 saturated heterocycles. The minimum Gasteiger partial charge on any atom is -0.326 e. The van der Waals surface area contributed by atoms with Crippen LogP contribution in [0.25, 0.3) is 20.7 Å². The van der Waals surface area contributed by atoms with Crippen LogP contribution in [0.15, 0.2) is 60.1 Å². The van der Waals surface area contributed by atoms with Crippen molar-refractivity contribution in [2.45, 2.75) is 6.92 Å². The highest BCUT2D eigenvalue weighted by Gasteiger charge is 2.14. The fourth-order valence-corrected chi connectivity index (χ4v) is 4.54. The van der Waals surface area contributed by atoms with Gasteiger partial charge in [0.15, 0.2) is 0 Å². The zero-order valence-corrected chi connectivity index (χ0v) is 16.0. The van der Waals surface area contributed by atoms with E-state index in [0.29, 0.717) is 16.3 Å². The second-order valence-electron chi connectivity index (χ2n) is 5.89. The Morgan fingerprint density at radius 1 is 0.963 bits per heavy atom. The number of nitrogens with zero attached hydrogens (tertiary/aromatic N) is 1. The number of benzene rings is 2. The van der Waals surface area contributed by atoms with Gasteiger partial charge in [-0.2, -0.15) is 0 Å². The second-order valence-corrected chi connectivity index (χ2v) is 7.83. The van der Waals surface area contributed by atoms with Crippen molar-refractivity contribution < 1.29 is 9.59 Å². The Kier molecular flexibility index (Phi) is 4.70. The van der Waals surface area contributed by atoms with Gasteiger partial charge in [0.25, 0.3) is 5.91 Å². The summed E-state index contributed by atoms with van der Waals surface area (Å²) in [5.74, 6) is -0.338. The van der Waals surface area contributed by atoms with Gasteiger partial charge in [0.05, 0.1) is 6.20 Å². The zero-order chi connectivity index (χ0) is 18.8. The maximum atomic E-state index is 12.5. The maximum absolute atomic E-state index is 12.5. The van der Waals surface area contributed by atoms with Crippen molar-refractivity contribution in [1.82, 2.24) is 4.98 Å². The Morgan fingerprint density at radius 2 is 1.67 bits per heavy atom. The predicted octanol–water partition coefficient (Wildman–Crippen LogP) is 5.24. The van der Waals surface area contributed by atoms with Crippen LogP contribution in [0, 0.1) is 0 Å². The number of rotatable bonds is 4. The summed E-state index contributed by atoms with van der Waals surface area (Å²) in [5, 5.41) is 9.61. The highest BCUT2D eigenvalue weighted by Crippen LogP contribution is 2.36. The number of hydrogen-bond acceptors (Lipinski definition) is 5. The number of hydrogen-bond donors (Lipinski definition) is 2. The van der Waals surface area contributed by atoms with Gasteiger partial charge in [-0.15, -0.1) is 22.7 Å². The molecule has 0 unspecified atom stereocenters. The van der Waals surface area contributed by atoms with E-state index in [9.17, 15) is 9.59 Å². The van der Waals surface area contributed by atoms with Crippen LogP contribution < -0.4 is 10.6 Å². The number of thiazole rings is 1. The van der Waals surface area contributed by atoms with E-state index >= 15 is 0 Å². The Labute approximate surface area is 163 Å². The fourth-order valence-electron chi connectivity index (χ4n) is 2.68. The van der Waals surface area contributed by atoms with Gasteiger partial charge in [0, 0.05) is 39.3 Å². The number of aromatic nitrogens is 1. The summed E-state index contributed by atoms with van der Waals surface area (Å²) in [6.07, 6.45) is 1.60. The zero-order valence-electron chi connectivity index (χ0n) is 14.4. The van der Waals surface area contributed by atoms with Gasteiger partial charge >= 0.3 is 0 Å². The molecular formula is C20H15N3O2S2. The molecule has 0 atom stereocenters. The third kappa shape index (κ3) is 3.74. The molecule has 5 nitrogen and oxygen atoms in total. The number of amides is 2. The highest BCUT2D eigenvalue weighted by atomic mass is 32.1. The van der Waals surface area contributed by atoms with Crippen LogP contribution in [-0.4, -0.2) is 16.8 Å². The van der Waals surface area contributed by atoms with Crippen LogP contribution in [0.2, 0.25) is 0 Å². The van der Waals surface area contributed by atoms with Crippen LogP contribution in [0.1, 0.15) is 16.6 Å². The molecule has 4 rings (SSSR count). The maximum Gasteiger partial charge on any atom is 0.267 e. The molecule has 2 amide bonds. The molecule has 0 saturated carbocycles. The van der Waals surface area contributed by atoms with Gasteiger partial charge in [0.1, 0.15) is 9.88 Å². The molecule has 0 spiro atoms. The number of nitrogens with one attached hydrogen (secondary N) is 2. The lowest BCUT2D eigenvalue weighted by Crippen LogP contribution is -2.10. The molecule has 4 aromatic rings. The summed E-state index contributed by atoms with van der Waals surface area (Å²) < 4.78 is 1.20. The second kappa shape index (κ2) is 7.30. The van der Waals surface area contributed by atoms with E-state index < -0.39 is 0 Å². The molecular weight excluding hydrogens is 378 g/mol. The first-order valence-corrected chi connectivity index (χ1v) is 9.91. The van der Waals surface area contributed by atoms with Crippen molar-refractivity contribution in [3.8, 4) is 10.6 Å². The van der Waals surface area contributed by atoms with Crippen molar-refractivity contribution in [2.24, 2.45) is 0 Å².